The fourth-order valence-corrected chi connectivity index (χ4v) is 3.01. The number of alkyl halides is 3. The zero-order valence-corrected chi connectivity index (χ0v) is 8.84. The lowest BCUT2D eigenvalue weighted by atomic mass is 9.85. The number of halogens is 4. The molecule has 1 rings (SSSR count). The molecule has 0 saturated heterocycles. The van der Waals surface area contributed by atoms with Crippen molar-refractivity contribution in [2.75, 3.05) is 5.75 Å². The molecule has 2 nitrogen and oxygen atoms in total. The van der Waals surface area contributed by atoms with E-state index in [0.717, 1.165) is 0 Å². The summed E-state index contributed by atoms with van der Waals surface area (Å²) in [5, 5.41) is 0. The smallest absolute Gasteiger partial charge is 0.243 e. The summed E-state index contributed by atoms with van der Waals surface area (Å²) in [6.07, 6.45) is -2.14. The van der Waals surface area contributed by atoms with Crippen LogP contribution < -0.4 is 0 Å². The van der Waals surface area contributed by atoms with Crippen molar-refractivity contribution in [1.82, 2.24) is 0 Å². The van der Waals surface area contributed by atoms with Gasteiger partial charge in [0.05, 0.1) is 5.75 Å². The van der Waals surface area contributed by atoms with Crippen LogP contribution in [-0.2, 0) is 9.05 Å². The van der Waals surface area contributed by atoms with Crippen LogP contribution >= 0.6 is 10.7 Å². The lowest BCUT2D eigenvalue weighted by molar-refractivity contribution is -0.0698. The summed E-state index contributed by atoms with van der Waals surface area (Å²) in [6, 6.07) is 0. The maximum absolute atomic E-state index is 13.6. The minimum atomic E-state index is -3.97. The summed E-state index contributed by atoms with van der Waals surface area (Å²) in [5.41, 5.74) is -2.08. The third-order valence-electron chi connectivity index (χ3n) is 2.31. The van der Waals surface area contributed by atoms with Gasteiger partial charge < -0.3 is 0 Å². The quantitative estimate of drug-likeness (QED) is 0.706. The molecule has 0 atom stereocenters. The SMILES string of the molecule is O=S(=O)(Cl)CC1(F)CCC(F)(F)CC1. The normalized spacial score (nSPS) is 26.0. The number of rotatable bonds is 2. The third-order valence-corrected chi connectivity index (χ3v) is 3.50. The zero-order chi connectivity index (χ0) is 11.0. The highest BCUT2D eigenvalue weighted by Crippen LogP contribution is 2.41. The fraction of sp³-hybridized carbons (Fsp3) is 1.00. The monoisotopic (exact) mass is 250 g/mol. The molecule has 0 radical (unpaired) electrons. The molecule has 7 heteroatoms. The Hall–Kier alpha value is 0.0300. The molecule has 0 aromatic rings. The summed E-state index contributed by atoms with van der Waals surface area (Å²) in [4.78, 5) is 0. The molecule has 1 fully saturated rings. The molecule has 0 aliphatic heterocycles. The van der Waals surface area contributed by atoms with E-state index in [0.29, 0.717) is 0 Å². The first-order chi connectivity index (χ1) is 6.12. The molecule has 0 unspecified atom stereocenters. The molecule has 84 valence electrons. The van der Waals surface area contributed by atoms with Gasteiger partial charge in [-0.25, -0.2) is 21.6 Å². The first kappa shape index (κ1) is 12.1. The Morgan fingerprint density at radius 3 is 1.86 bits per heavy atom. The highest BCUT2D eigenvalue weighted by atomic mass is 35.7. The van der Waals surface area contributed by atoms with Crippen molar-refractivity contribution in [3.8, 4) is 0 Å². The number of hydrogen-bond acceptors (Lipinski definition) is 2. The standard InChI is InChI=1S/C7H10ClF3O2S/c8-14(12,13)5-6(9)1-3-7(10,11)4-2-6/h1-5H2. The minimum Gasteiger partial charge on any atom is -0.243 e. The second kappa shape index (κ2) is 3.56. The van der Waals surface area contributed by atoms with E-state index in [1.165, 1.54) is 0 Å². The predicted molar refractivity (Wildman–Crippen MR) is 46.9 cm³/mol. The third kappa shape index (κ3) is 3.65. The van der Waals surface area contributed by atoms with Gasteiger partial charge in [-0.3, -0.25) is 0 Å². The van der Waals surface area contributed by atoms with E-state index < -0.39 is 52.1 Å². The average molecular weight is 251 g/mol. The molecule has 0 amide bonds. The van der Waals surface area contributed by atoms with Crippen LogP contribution in [0.1, 0.15) is 25.7 Å². The molecule has 0 spiro atoms. The van der Waals surface area contributed by atoms with E-state index in [4.69, 9.17) is 10.7 Å². The lowest BCUT2D eigenvalue weighted by Crippen LogP contribution is -2.39. The molecule has 0 aromatic carbocycles. The van der Waals surface area contributed by atoms with Crippen LogP contribution in [0, 0.1) is 0 Å². The fourth-order valence-electron chi connectivity index (χ4n) is 1.52. The van der Waals surface area contributed by atoms with Crippen molar-refractivity contribution >= 4 is 19.7 Å². The van der Waals surface area contributed by atoms with Gasteiger partial charge in [0.25, 0.3) is 0 Å². The summed E-state index contributed by atoms with van der Waals surface area (Å²) in [7, 11) is 0.905. The number of hydrogen-bond donors (Lipinski definition) is 0. The molecular formula is C7H10ClF3O2S. The van der Waals surface area contributed by atoms with E-state index in [1.807, 2.05) is 0 Å². The van der Waals surface area contributed by atoms with Crippen molar-refractivity contribution in [2.24, 2.45) is 0 Å². The van der Waals surface area contributed by atoms with Crippen molar-refractivity contribution in [3.05, 3.63) is 0 Å². The van der Waals surface area contributed by atoms with Gasteiger partial charge >= 0.3 is 0 Å². The van der Waals surface area contributed by atoms with Crippen LogP contribution in [0.25, 0.3) is 0 Å². The highest BCUT2D eigenvalue weighted by molar-refractivity contribution is 8.13. The van der Waals surface area contributed by atoms with E-state index in [9.17, 15) is 21.6 Å². The molecule has 1 aliphatic carbocycles. The van der Waals surface area contributed by atoms with Crippen molar-refractivity contribution in [3.63, 3.8) is 0 Å². The van der Waals surface area contributed by atoms with Crippen LogP contribution in [0.5, 0.6) is 0 Å². The van der Waals surface area contributed by atoms with Gasteiger partial charge in [0.15, 0.2) is 0 Å². The van der Waals surface area contributed by atoms with Crippen LogP contribution in [0.4, 0.5) is 13.2 Å². The van der Waals surface area contributed by atoms with Crippen LogP contribution in [0.3, 0.4) is 0 Å². The van der Waals surface area contributed by atoms with Crippen molar-refractivity contribution in [1.29, 1.82) is 0 Å². The summed E-state index contributed by atoms with van der Waals surface area (Å²) >= 11 is 0. The van der Waals surface area contributed by atoms with Gasteiger partial charge in [-0.2, -0.15) is 0 Å². The van der Waals surface area contributed by atoms with Crippen molar-refractivity contribution < 1.29 is 21.6 Å². The molecule has 0 heterocycles. The van der Waals surface area contributed by atoms with Crippen LogP contribution in [0.15, 0.2) is 0 Å². The maximum Gasteiger partial charge on any atom is 0.248 e. The van der Waals surface area contributed by atoms with Gasteiger partial charge in [-0.15, -0.1) is 0 Å². The van der Waals surface area contributed by atoms with E-state index in [2.05, 4.69) is 0 Å². The van der Waals surface area contributed by atoms with E-state index in [-0.39, 0.29) is 0 Å². The maximum atomic E-state index is 13.6. The summed E-state index contributed by atoms with van der Waals surface area (Å²) in [6.45, 7) is 0. The van der Waals surface area contributed by atoms with E-state index in [1.54, 1.807) is 0 Å². The molecular weight excluding hydrogens is 241 g/mol. The van der Waals surface area contributed by atoms with Crippen LogP contribution in [0.2, 0.25) is 0 Å². The summed E-state index contributed by atoms with van der Waals surface area (Å²) in [5.74, 6) is -3.75. The van der Waals surface area contributed by atoms with Gasteiger partial charge in [0.2, 0.25) is 15.0 Å². The highest BCUT2D eigenvalue weighted by Gasteiger charge is 2.45. The van der Waals surface area contributed by atoms with Gasteiger partial charge in [0, 0.05) is 23.5 Å². The topological polar surface area (TPSA) is 34.1 Å². The molecule has 0 aromatic heterocycles. The predicted octanol–water partition coefficient (Wildman–Crippen LogP) is 2.47. The van der Waals surface area contributed by atoms with Crippen LogP contribution in [-0.4, -0.2) is 25.8 Å². The molecule has 14 heavy (non-hydrogen) atoms. The van der Waals surface area contributed by atoms with Gasteiger partial charge in [-0.05, 0) is 12.8 Å². The molecule has 1 saturated carbocycles. The second-order valence-corrected chi connectivity index (χ2v) is 6.47. The molecule has 0 bridgehead atoms. The Labute approximate surface area is 84.9 Å². The average Bonchev–Trinajstić information content (AvgIpc) is 1.93. The first-order valence-corrected chi connectivity index (χ1v) is 6.59. The second-order valence-electron chi connectivity index (χ2n) is 3.69. The first-order valence-electron chi connectivity index (χ1n) is 4.11. The summed E-state index contributed by atoms with van der Waals surface area (Å²) < 4.78 is 60.1. The lowest BCUT2D eigenvalue weighted by Gasteiger charge is -2.32. The Bertz CT molecular complexity index is 305. The molecule has 1 aliphatic rings. The van der Waals surface area contributed by atoms with Gasteiger partial charge in [0.1, 0.15) is 5.67 Å². The largest absolute Gasteiger partial charge is 0.248 e. The Kier molecular flexibility index (Phi) is 3.07. The van der Waals surface area contributed by atoms with E-state index >= 15 is 0 Å². The minimum absolute atomic E-state index is 0.452. The van der Waals surface area contributed by atoms with Gasteiger partial charge in [-0.1, -0.05) is 0 Å². The zero-order valence-electron chi connectivity index (χ0n) is 7.27. The Balaban J connectivity index is 2.63. The Morgan fingerprint density at radius 1 is 1.07 bits per heavy atom. The Morgan fingerprint density at radius 2 is 1.50 bits per heavy atom. The molecule has 0 N–H and O–H groups in total. The van der Waals surface area contributed by atoms with Crippen molar-refractivity contribution in [2.45, 2.75) is 37.3 Å².